The molecule has 0 N–H and O–H groups in total. The maximum Gasteiger partial charge on any atom is 0.159 e. The van der Waals surface area contributed by atoms with Crippen molar-refractivity contribution in [1.82, 2.24) is 9.78 Å². The van der Waals surface area contributed by atoms with E-state index >= 15 is 0 Å². The zero-order chi connectivity index (χ0) is 14.0. The first-order valence-corrected chi connectivity index (χ1v) is 7.32. The molecule has 0 fully saturated rings. The Labute approximate surface area is 125 Å². The molecule has 0 bridgehead atoms. The van der Waals surface area contributed by atoms with E-state index in [-0.39, 0.29) is 0 Å². The molecule has 0 amide bonds. The Bertz CT molecular complexity index is 593. The van der Waals surface area contributed by atoms with E-state index in [9.17, 15) is 8.78 Å². The van der Waals surface area contributed by atoms with Gasteiger partial charge in [-0.25, -0.2) is 8.78 Å². The standard InChI is InChI=1S/C14H15F2IN2/c1-3-12-14(17)13(4-2)19(18-12)8-9-5-6-10(15)11(16)7-9/h5-7H,3-4,8H2,1-2H3. The molecule has 19 heavy (non-hydrogen) atoms. The monoisotopic (exact) mass is 376 g/mol. The van der Waals surface area contributed by atoms with Crippen LogP contribution in [0.25, 0.3) is 0 Å². The quantitative estimate of drug-likeness (QED) is 0.740. The van der Waals surface area contributed by atoms with Gasteiger partial charge < -0.3 is 0 Å². The Kier molecular flexibility index (Phi) is 4.54. The van der Waals surface area contributed by atoms with Crippen molar-refractivity contribution >= 4 is 22.6 Å². The molecule has 2 nitrogen and oxygen atoms in total. The summed E-state index contributed by atoms with van der Waals surface area (Å²) in [5, 5.41) is 4.54. The number of hydrogen-bond acceptors (Lipinski definition) is 1. The lowest BCUT2D eigenvalue weighted by Gasteiger charge is -2.07. The van der Waals surface area contributed by atoms with Crippen LogP contribution in [0.3, 0.4) is 0 Å². The molecule has 0 saturated heterocycles. The summed E-state index contributed by atoms with van der Waals surface area (Å²) in [5.41, 5.74) is 2.91. The normalized spacial score (nSPS) is 11.0. The molecule has 1 aromatic heterocycles. The van der Waals surface area contributed by atoms with E-state index in [0.717, 1.165) is 35.9 Å². The molecule has 0 spiro atoms. The molecular formula is C14H15F2IN2. The largest absolute Gasteiger partial charge is 0.264 e. The third-order valence-corrected chi connectivity index (χ3v) is 4.29. The number of benzene rings is 1. The minimum Gasteiger partial charge on any atom is -0.264 e. The molecule has 0 unspecified atom stereocenters. The van der Waals surface area contributed by atoms with Crippen molar-refractivity contribution < 1.29 is 8.78 Å². The van der Waals surface area contributed by atoms with Crippen molar-refractivity contribution in [3.05, 3.63) is 50.4 Å². The third-order valence-electron chi connectivity index (χ3n) is 3.05. The molecule has 0 saturated carbocycles. The Morgan fingerprint density at radius 3 is 2.47 bits per heavy atom. The minimum atomic E-state index is -0.816. The van der Waals surface area contributed by atoms with E-state index in [1.54, 1.807) is 6.07 Å². The van der Waals surface area contributed by atoms with Gasteiger partial charge >= 0.3 is 0 Å². The SMILES string of the molecule is CCc1nn(Cc2ccc(F)c(F)c2)c(CC)c1I. The topological polar surface area (TPSA) is 17.8 Å². The molecule has 1 heterocycles. The van der Waals surface area contributed by atoms with Crippen molar-refractivity contribution in [2.24, 2.45) is 0 Å². The summed E-state index contributed by atoms with van der Waals surface area (Å²) in [4.78, 5) is 0. The first kappa shape index (κ1) is 14.4. The summed E-state index contributed by atoms with van der Waals surface area (Å²) in [7, 11) is 0. The summed E-state index contributed by atoms with van der Waals surface area (Å²) in [6.45, 7) is 4.60. The van der Waals surface area contributed by atoms with Crippen molar-refractivity contribution in [3.63, 3.8) is 0 Å². The molecule has 0 aliphatic heterocycles. The lowest BCUT2D eigenvalue weighted by atomic mass is 10.2. The van der Waals surface area contributed by atoms with E-state index in [1.165, 1.54) is 9.64 Å². The zero-order valence-corrected chi connectivity index (χ0v) is 13.0. The number of aromatic nitrogens is 2. The molecule has 0 aliphatic rings. The van der Waals surface area contributed by atoms with Gasteiger partial charge in [0.25, 0.3) is 0 Å². The summed E-state index contributed by atoms with van der Waals surface area (Å²) < 4.78 is 29.2. The smallest absolute Gasteiger partial charge is 0.159 e. The van der Waals surface area contributed by atoms with Gasteiger partial charge in [-0.2, -0.15) is 5.10 Å². The van der Waals surface area contributed by atoms with Crippen LogP contribution < -0.4 is 0 Å². The van der Waals surface area contributed by atoms with Crippen LogP contribution >= 0.6 is 22.6 Å². The molecule has 102 valence electrons. The zero-order valence-electron chi connectivity index (χ0n) is 10.9. The molecule has 0 radical (unpaired) electrons. The Morgan fingerprint density at radius 2 is 1.89 bits per heavy atom. The first-order valence-electron chi connectivity index (χ1n) is 6.24. The van der Waals surface area contributed by atoms with Crippen LogP contribution in [0.15, 0.2) is 18.2 Å². The highest BCUT2D eigenvalue weighted by molar-refractivity contribution is 14.1. The second kappa shape index (κ2) is 5.98. The summed E-state index contributed by atoms with van der Waals surface area (Å²) >= 11 is 2.30. The van der Waals surface area contributed by atoms with Gasteiger partial charge in [-0.1, -0.05) is 19.9 Å². The van der Waals surface area contributed by atoms with E-state index in [4.69, 9.17) is 0 Å². The van der Waals surface area contributed by atoms with E-state index in [1.807, 2.05) is 4.68 Å². The number of rotatable bonds is 4. The lowest BCUT2D eigenvalue weighted by Crippen LogP contribution is -2.07. The van der Waals surface area contributed by atoms with Crippen LogP contribution in [0.5, 0.6) is 0 Å². The van der Waals surface area contributed by atoms with Gasteiger partial charge in [0.2, 0.25) is 0 Å². The predicted molar refractivity (Wildman–Crippen MR) is 79.2 cm³/mol. The molecule has 2 rings (SSSR count). The fourth-order valence-electron chi connectivity index (χ4n) is 2.04. The van der Waals surface area contributed by atoms with E-state index < -0.39 is 11.6 Å². The molecular weight excluding hydrogens is 361 g/mol. The Hall–Kier alpha value is -0.980. The van der Waals surface area contributed by atoms with E-state index in [0.29, 0.717) is 6.54 Å². The summed E-state index contributed by atoms with van der Waals surface area (Å²) in [6, 6.07) is 3.98. The van der Waals surface area contributed by atoms with Crippen molar-refractivity contribution in [3.8, 4) is 0 Å². The maximum absolute atomic E-state index is 13.2. The van der Waals surface area contributed by atoms with E-state index in [2.05, 4.69) is 41.5 Å². The van der Waals surface area contributed by atoms with Crippen molar-refractivity contribution in [2.75, 3.05) is 0 Å². The predicted octanol–water partition coefficient (Wildman–Crippen LogP) is 3.94. The first-order chi connectivity index (χ1) is 9.06. The van der Waals surface area contributed by atoms with Crippen LogP contribution in [-0.4, -0.2) is 9.78 Å². The molecule has 2 aromatic rings. The maximum atomic E-state index is 13.2. The van der Waals surface area contributed by atoms with Gasteiger partial charge in [0.1, 0.15) is 0 Å². The van der Waals surface area contributed by atoms with Gasteiger partial charge in [0, 0.05) is 0 Å². The highest BCUT2D eigenvalue weighted by Crippen LogP contribution is 2.20. The fourth-order valence-corrected chi connectivity index (χ4v) is 3.18. The van der Waals surface area contributed by atoms with Gasteiger partial charge in [0.05, 0.1) is 21.5 Å². The van der Waals surface area contributed by atoms with Gasteiger partial charge in [-0.15, -0.1) is 0 Å². The Morgan fingerprint density at radius 1 is 1.16 bits per heavy atom. The fraction of sp³-hybridized carbons (Fsp3) is 0.357. The second-order valence-electron chi connectivity index (χ2n) is 4.32. The van der Waals surface area contributed by atoms with Crippen LogP contribution in [0, 0.1) is 15.2 Å². The van der Waals surface area contributed by atoms with Crippen LogP contribution in [0.2, 0.25) is 0 Å². The second-order valence-corrected chi connectivity index (χ2v) is 5.40. The molecule has 5 heteroatoms. The lowest BCUT2D eigenvalue weighted by molar-refractivity contribution is 0.505. The number of hydrogen-bond donors (Lipinski definition) is 0. The number of halogens is 3. The molecule has 0 aliphatic carbocycles. The summed E-state index contributed by atoms with van der Waals surface area (Å²) in [6.07, 6.45) is 1.74. The average molecular weight is 376 g/mol. The number of aryl methyl sites for hydroxylation is 1. The van der Waals surface area contributed by atoms with Crippen LogP contribution in [-0.2, 0) is 19.4 Å². The Balaban J connectivity index is 2.34. The molecule has 0 atom stereocenters. The highest BCUT2D eigenvalue weighted by atomic mass is 127. The average Bonchev–Trinajstić information content (AvgIpc) is 2.69. The number of nitrogens with zero attached hydrogens (tertiary/aromatic N) is 2. The highest BCUT2D eigenvalue weighted by Gasteiger charge is 2.13. The van der Waals surface area contributed by atoms with Gasteiger partial charge in [-0.05, 0) is 53.1 Å². The van der Waals surface area contributed by atoms with Crippen molar-refractivity contribution in [1.29, 1.82) is 0 Å². The van der Waals surface area contributed by atoms with Gasteiger partial charge in [-0.3, -0.25) is 4.68 Å². The van der Waals surface area contributed by atoms with Gasteiger partial charge in [0.15, 0.2) is 11.6 Å². The van der Waals surface area contributed by atoms with Crippen LogP contribution in [0.4, 0.5) is 8.78 Å². The van der Waals surface area contributed by atoms with Crippen molar-refractivity contribution in [2.45, 2.75) is 33.2 Å². The molecule has 1 aromatic carbocycles. The summed E-state index contributed by atoms with van der Waals surface area (Å²) in [5.74, 6) is -1.63. The van der Waals surface area contributed by atoms with Crippen LogP contribution in [0.1, 0.15) is 30.8 Å². The minimum absolute atomic E-state index is 0.469. The third kappa shape index (κ3) is 2.96.